The Hall–Kier alpha value is -1.44. The molecule has 1 heterocycles. The molecule has 1 aliphatic carbocycles. The molecule has 1 aromatic rings. The summed E-state index contributed by atoms with van der Waals surface area (Å²) in [5.41, 5.74) is 6.26. The zero-order valence-electron chi connectivity index (χ0n) is 13.0. The Kier molecular flexibility index (Phi) is 4.70. The van der Waals surface area contributed by atoms with E-state index in [0.29, 0.717) is 12.5 Å². The monoisotopic (exact) mass is 337 g/mol. The number of hydrogen-bond donors (Lipinski definition) is 3. The number of rotatable bonds is 6. The molecule has 0 aromatic heterocycles. The Morgan fingerprint density at radius 3 is 2.61 bits per heavy atom. The van der Waals surface area contributed by atoms with Crippen molar-refractivity contribution in [3.63, 3.8) is 0 Å². The summed E-state index contributed by atoms with van der Waals surface area (Å²) in [5, 5.41) is 3.28. The van der Waals surface area contributed by atoms with E-state index in [0.717, 1.165) is 37.9 Å². The second-order valence-electron chi connectivity index (χ2n) is 6.48. The van der Waals surface area contributed by atoms with Gasteiger partial charge in [0.25, 0.3) is 0 Å². The molecule has 4 N–H and O–H groups in total. The highest BCUT2D eigenvalue weighted by Crippen LogP contribution is 2.47. The Bertz CT molecular complexity index is 666. The van der Waals surface area contributed by atoms with E-state index < -0.39 is 10.0 Å². The fourth-order valence-electron chi connectivity index (χ4n) is 3.18. The molecule has 0 radical (unpaired) electrons. The molecule has 23 heavy (non-hydrogen) atoms. The minimum absolute atomic E-state index is 0.102. The second-order valence-corrected chi connectivity index (χ2v) is 8.25. The smallest absolute Gasteiger partial charge is 0.240 e. The average Bonchev–Trinajstić information content (AvgIpc) is 3.35. The van der Waals surface area contributed by atoms with Crippen molar-refractivity contribution >= 4 is 15.9 Å². The SMILES string of the molecule is NC(=O)C1CC1c1ccc(S(=O)(=O)NC[C@@H]2CCCNC2)cc1. The summed E-state index contributed by atoms with van der Waals surface area (Å²) in [4.78, 5) is 11.4. The fourth-order valence-corrected chi connectivity index (χ4v) is 4.30. The normalized spacial score (nSPS) is 27.6. The Labute approximate surface area is 136 Å². The summed E-state index contributed by atoms with van der Waals surface area (Å²) in [6.45, 7) is 2.33. The first-order valence-electron chi connectivity index (χ1n) is 8.07. The van der Waals surface area contributed by atoms with E-state index in [-0.39, 0.29) is 22.6 Å². The summed E-state index contributed by atoms with van der Waals surface area (Å²) in [7, 11) is -3.48. The van der Waals surface area contributed by atoms with Crippen LogP contribution in [0.3, 0.4) is 0 Å². The summed E-state index contributed by atoms with van der Waals surface area (Å²) in [6.07, 6.45) is 2.89. The summed E-state index contributed by atoms with van der Waals surface area (Å²) >= 11 is 0. The van der Waals surface area contributed by atoms with E-state index in [1.807, 2.05) is 0 Å². The number of carbonyl (C=O) groups excluding carboxylic acids is 1. The minimum atomic E-state index is -3.48. The van der Waals surface area contributed by atoms with Gasteiger partial charge >= 0.3 is 0 Å². The van der Waals surface area contributed by atoms with Crippen molar-refractivity contribution in [1.29, 1.82) is 0 Å². The van der Waals surface area contributed by atoms with Crippen molar-refractivity contribution in [3.05, 3.63) is 29.8 Å². The Balaban J connectivity index is 1.60. The van der Waals surface area contributed by atoms with Crippen LogP contribution in [0.25, 0.3) is 0 Å². The maximum Gasteiger partial charge on any atom is 0.240 e. The van der Waals surface area contributed by atoms with Gasteiger partial charge in [-0.05, 0) is 61.9 Å². The van der Waals surface area contributed by atoms with Crippen LogP contribution in [-0.2, 0) is 14.8 Å². The summed E-state index contributed by atoms with van der Waals surface area (Å²) < 4.78 is 27.4. The molecule has 0 spiro atoms. The zero-order valence-corrected chi connectivity index (χ0v) is 13.8. The number of benzene rings is 1. The molecule has 3 atom stereocenters. The highest BCUT2D eigenvalue weighted by atomic mass is 32.2. The molecule has 2 aliphatic rings. The van der Waals surface area contributed by atoms with Crippen LogP contribution in [-0.4, -0.2) is 34.0 Å². The molecule has 126 valence electrons. The van der Waals surface area contributed by atoms with Crippen LogP contribution in [0.15, 0.2) is 29.2 Å². The van der Waals surface area contributed by atoms with Gasteiger partial charge in [0.2, 0.25) is 15.9 Å². The van der Waals surface area contributed by atoms with Crippen LogP contribution in [0, 0.1) is 11.8 Å². The Morgan fingerprint density at radius 1 is 1.30 bits per heavy atom. The van der Waals surface area contributed by atoms with E-state index in [2.05, 4.69) is 10.0 Å². The van der Waals surface area contributed by atoms with Crippen LogP contribution in [0.1, 0.15) is 30.7 Å². The van der Waals surface area contributed by atoms with Crippen molar-refractivity contribution in [3.8, 4) is 0 Å². The largest absolute Gasteiger partial charge is 0.369 e. The van der Waals surface area contributed by atoms with E-state index in [1.165, 1.54) is 0 Å². The van der Waals surface area contributed by atoms with Crippen molar-refractivity contribution in [2.75, 3.05) is 19.6 Å². The molecule has 7 heteroatoms. The number of nitrogens with two attached hydrogens (primary N) is 1. The summed E-state index contributed by atoms with van der Waals surface area (Å²) in [5.74, 6) is 0.106. The predicted octanol–water partition coefficient (Wildman–Crippen LogP) is 0.553. The molecule has 2 fully saturated rings. The van der Waals surface area contributed by atoms with Gasteiger partial charge in [-0.25, -0.2) is 13.1 Å². The van der Waals surface area contributed by atoms with Crippen molar-refractivity contribution in [2.24, 2.45) is 17.6 Å². The number of primary amides is 1. The number of sulfonamides is 1. The van der Waals surface area contributed by atoms with E-state index in [4.69, 9.17) is 5.73 Å². The van der Waals surface area contributed by atoms with E-state index in [9.17, 15) is 13.2 Å². The van der Waals surface area contributed by atoms with Gasteiger partial charge in [-0.15, -0.1) is 0 Å². The van der Waals surface area contributed by atoms with Crippen molar-refractivity contribution < 1.29 is 13.2 Å². The molecule has 1 aliphatic heterocycles. The summed E-state index contributed by atoms with van der Waals surface area (Å²) in [6, 6.07) is 6.77. The predicted molar refractivity (Wildman–Crippen MR) is 87.3 cm³/mol. The number of amides is 1. The lowest BCUT2D eigenvalue weighted by atomic mass is 10.0. The first-order valence-corrected chi connectivity index (χ1v) is 9.55. The molecule has 6 nitrogen and oxygen atoms in total. The molecule has 0 bridgehead atoms. The molecule has 3 rings (SSSR count). The third-order valence-corrected chi connectivity index (χ3v) is 6.17. The topological polar surface area (TPSA) is 101 Å². The van der Waals surface area contributed by atoms with Gasteiger partial charge in [0.1, 0.15) is 0 Å². The molecule has 1 saturated carbocycles. The molecule has 1 aromatic carbocycles. The van der Waals surface area contributed by atoms with Crippen LogP contribution < -0.4 is 15.8 Å². The van der Waals surface area contributed by atoms with E-state index >= 15 is 0 Å². The second kappa shape index (κ2) is 6.59. The maximum absolute atomic E-state index is 12.3. The maximum atomic E-state index is 12.3. The number of carbonyl (C=O) groups is 1. The van der Waals surface area contributed by atoms with Crippen LogP contribution in [0.2, 0.25) is 0 Å². The number of piperidine rings is 1. The van der Waals surface area contributed by atoms with Gasteiger partial charge < -0.3 is 11.1 Å². The van der Waals surface area contributed by atoms with Gasteiger partial charge in [-0.1, -0.05) is 12.1 Å². The molecular formula is C16H23N3O3S. The fraction of sp³-hybridized carbons (Fsp3) is 0.562. The van der Waals surface area contributed by atoms with Crippen LogP contribution in [0.4, 0.5) is 0 Å². The Morgan fingerprint density at radius 2 is 2.04 bits per heavy atom. The quantitative estimate of drug-likeness (QED) is 0.706. The number of nitrogens with one attached hydrogen (secondary N) is 2. The lowest BCUT2D eigenvalue weighted by Crippen LogP contribution is -2.38. The molecule has 2 unspecified atom stereocenters. The first kappa shape index (κ1) is 16.4. The lowest BCUT2D eigenvalue weighted by Gasteiger charge is -2.22. The average molecular weight is 337 g/mol. The van der Waals surface area contributed by atoms with Gasteiger partial charge in [-0.3, -0.25) is 4.79 Å². The number of hydrogen-bond acceptors (Lipinski definition) is 4. The third-order valence-electron chi connectivity index (χ3n) is 4.74. The zero-order chi connectivity index (χ0) is 16.4. The lowest BCUT2D eigenvalue weighted by molar-refractivity contribution is -0.119. The van der Waals surface area contributed by atoms with Gasteiger partial charge in [-0.2, -0.15) is 0 Å². The van der Waals surface area contributed by atoms with Gasteiger partial charge in [0, 0.05) is 12.5 Å². The van der Waals surface area contributed by atoms with Gasteiger partial charge in [0.15, 0.2) is 0 Å². The molecular weight excluding hydrogens is 314 g/mol. The highest BCUT2D eigenvalue weighted by Gasteiger charge is 2.42. The van der Waals surface area contributed by atoms with Crippen LogP contribution in [0.5, 0.6) is 0 Å². The third kappa shape index (κ3) is 3.91. The van der Waals surface area contributed by atoms with E-state index in [1.54, 1.807) is 24.3 Å². The molecule has 1 amide bonds. The highest BCUT2D eigenvalue weighted by molar-refractivity contribution is 7.89. The standard InChI is InChI=1S/C16H23N3O3S/c17-16(20)15-8-14(15)12-3-5-13(6-4-12)23(21,22)19-10-11-2-1-7-18-9-11/h3-6,11,14-15,18-19H,1-2,7-10H2,(H2,17,20)/t11-,14?,15?/m1/s1. The van der Waals surface area contributed by atoms with Gasteiger partial charge in [0.05, 0.1) is 4.90 Å². The minimum Gasteiger partial charge on any atom is -0.369 e. The van der Waals surface area contributed by atoms with Crippen LogP contribution >= 0.6 is 0 Å². The molecule has 1 saturated heterocycles. The van der Waals surface area contributed by atoms with Crippen molar-refractivity contribution in [2.45, 2.75) is 30.1 Å². The first-order chi connectivity index (χ1) is 11.0. The van der Waals surface area contributed by atoms with Crippen molar-refractivity contribution in [1.82, 2.24) is 10.0 Å².